The SMILES string of the molecule is CC(C)(C)[C@H]1N(C(=O)OCc2ccccc2)CC(O)C1(C)C(=O)O. The first-order valence-electron chi connectivity index (χ1n) is 7.97. The van der Waals surface area contributed by atoms with Gasteiger partial charge in [0.05, 0.1) is 18.7 Å². The summed E-state index contributed by atoms with van der Waals surface area (Å²) in [4.78, 5) is 25.7. The second-order valence-electron chi connectivity index (χ2n) is 7.56. The number of rotatable bonds is 3. The molecule has 1 aliphatic heterocycles. The third-order valence-corrected chi connectivity index (χ3v) is 4.66. The fourth-order valence-electron chi connectivity index (χ4n) is 3.60. The van der Waals surface area contributed by atoms with E-state index in [9.17, 15) is 19.8 Å². The first-order valence-corrected chi connectivity index (χ1v) is 7.97. The van der Waals surface area contributed by atoms with Crippen molar-refractivity contribution < 1.29 is 24.5 Å². The van der Waals surface area contributed by atoms with Gasteiger partial charge in [0.15, 0.2) is 0 Å². The molecule has 1 aromatic rings. The van der Waals surface area contributed by atoms with Crippen molar-refractivity contribution in [3.05, 3.63) is 35.9 Å². The number of ether oxygens (including phenoxy) is 1. The zero-order valence-corrected chi connectivity index (χ0v) is 14.5. The molecule has 132 valence electrons. The Morgan fingerprint density at radius 1 is 1.29 bits per heavy atom. The molecule has 24 heavy (non-hydrogen) atoms. The highest BCUT2D eigenvalue weighted by molar-refractivity contribution is 5.79. The van der Waals surface area contributed by atoms with Crippen molar-refractivity contribution in [2.45, 2.75) is 46.4 Å². The highest BCUT2D eigenvalue weighted by Crippen LogP contribution is 2.46. The number of likely N-dealkylation sites (tertiary alicyclic amines) is 1. The molecule has 2 N–H and O–H groups in total. The van der Waals surface area contributed by atoms with Gasteiger partial charge in [-0.1, -0.05) is 51.1 Å². The number of β-amino-alcohol motifs (C(OH)–C–C–N with tert-alkyl or cyclic N) is 1. The molecule has 2 rings (SSSR count). The number of aliphatic carboxylic acids is 1. The van der Waals surface area contributed by atoms with Gasteiger partial charge in [-0.25, -0.2) is 4.79 Å². The van der Waals surface area contributed by atoms with Crippen LogP contribution in [0.25, 0.3) is 0 Å². The standard InChI is InChI=1S/C18H25NO5/c1-17(2,3)14-18(4,15(21)22)13(20)10-19(14)16(23)24-11-12-8-6-5-7-9-12/h5-9,13-14,20H,10-11H2,1-4H3,(H,21,22)/t13?,14-,18?/m1/s1. The zero-order valence-electron chi connectivity index (χ0n) is 14.5. The van der Waals surface area contributed by atoms with E-state index < -0.39 is 35.0 Å². The molecule has 6 nitrogen and oxygen atoms in total. The lowest BCUT2D eigenvalue weighted by Crippen LogP contribution is -2.54. The predicted octanol–water partition coefficient (Wildman–Crippen LogP) is 2.51. The van der Waals surface area contributed by atoms with E-state index in [2.05, 4.69) is 0 Å². The number of carboxylic acid groups (broad SMARTS) is 1. The van der Waals surface area contributed by atoms with Gasteiger partial charge in [0.25, 0.3) is 0 Å². The van der Waals surface area contributed by atoms with Gasteiger partial charge >= 0.3 is 12.1 Å². The average Bonchev–Trinajstić information content (AvgIpc) is 2.79. The lowest BCUT2D eigenvalue weighted by Gasteiger charge is -2.41. The third-order valence-electron chi connectivity index (χ3n) is 4.66. The summed E-state index contributed by atoms with van der Waals surface area (Å²) in [5.74, 6) is -1.12. The van der Waals surface area contributed by atoms with Crippen molar-refractivity contribution in [1.82, 2.24) is 4.90 Å². The molecule has 1 saturated heterocycles. The van der Waals surface area contributed by atoms with E-state index in [0.717, 1.165) is 5.56 Å². The van der Waals surface area contributed by atoms with E-state index in [1.807, 2.05) is 51.1 Å². The first-order chi connectivity index (χ1) is 11.1. The summed E-state index contributed by atoms with van der Waals surface area (Å²) >= 11 is 0. The van der Waals surface area contributed by atoms with Crippen LogP contribution in [-0.2, 0) is 16.1 Å². The number of carbonyl (C=O) groups is 2. The number of aliphatic hydroxyl groups excluding tert-OH is 1. The maximum Gasteiger partial charge on any atom is 0.410 e. The van der Waals surface area contributed by atoms with Crippen molar-refractivity contribution in [2.24, 2.45) is 10.8 Å². The van der Waals surface area contributed by atoms with Crippen LogP contribution >= 0.6 is 0 Å². The Morgan fingerprint density at radius 2 is 1.88 bits per heavy atom. The Hall–Kier alpha value is -2.08. The topological polar surface area (TPSA) is 87.1 Å². The predicted molar refractivity (Wildman–Crippen MR) is 88.3 cm³/mol. The molecule has 0 aromatic heterocycles. The summed E-state index contributed by atoms with van der Waals surface area (Å²) in [5.41, 5.74) is -1.13. The van der Waals surface area contributed by atoms with Crippen LogP contribution < -0.4 is 0 Å². The number of nitrogens with zero attached hydrogens (tertiary/aromatic N) is 1. The Balaban J connectivity index is 2.21. The van der Waals surface area contributed by atoms with Crippen molar-refractivity contribution in [1.29, 1.82) is 0 Å². The van der Waals surface area contributed by atoms with Gasteiger partial charge in [0, 0.05) is 0 Å². The summed E-state index contributed by atoms with van der Waals surface area (Å²) in [6, 6.07) is 8.57. The number of amides is 1. The van der Waals surface area contributed by atoms with Crippen LogP contribution in [0, 0.1) is 10.8 Å². The smallest absolute Gasteiger partial charge is 0.410 e. The number of carbonyl (C=O) groups excluding carboxylic acids is 1. The first kappa shape index (κ1) is 18.3. The van der Waals surface area contributed by atoms with Gasteiger partial charge in [-0.2, -0.15) is 0 Å². The Bertz CT molecular complexity index is 610. The Kier molecular flexibility index (Phi) is 4.90. The number of hydrogen-bond donors (Lipinski definition) is 2. The van der Waals surface area contributed by atoms with Crippen LogP contribution in [0.1, 0.15) is 33.3 Å². The monoisotopic (exact) mass is 335 g/mol. The molecule has 0 radical (unpaired) electrons. The lowest BCUT2D eigenvalue weighted by molar-refractivity contribution is -0.156. The van der Waals surface area contributed by atoms with Gasteiger partial charge < -0.3 is 19.8 Å². The average molecular weight is 335 g/mol. The fourth-order valence-corrected chi connectivity index (χ4v) is 3.60. The second-order valence-corrected chi connectivity index (χ2v) is 7.56. The minimum absolute atomic E-state index is 0.0572. The van der Waals surface area contributed by atoms with Crippen molar-refractivity contribution in [2.75, 3.05) is 6.54 Å². The Labute approximate surface area is 142 Å². The molecule has 1 heterocycles. The highest BCUT2D eigenvalue weighted by Gasteiger charge is 2.61. The van der Waals surface area contributed by atoms with Crippen LogP contribution in [0.4, 0.5) is 4.79 Å². The van der Waals surface area contributed by atoms with E-state index in [0.29, 0.717) is 0 Å². The van der Waals surface area contributed by atoms with Crippen molar-refractivity contribution in [3.63, 3.8) is 0 Å². The Morgan fingerprint density at radius 3 is 2.38 bits per heavy atom. The molecule has 1 aliphatic rings. The molecular formula is C18H25NO5. The normalized spacial score (nSPS) is 27.1. The van der Waals surface area contributed by atoms with Gasteiger partial charge in [0.2, 0.25) is 0 Å². The number of carboxylic acids is 1. The molecule has 1 amide bonds. The van der Waals surface area contributed by atoms with Crippen LogP contribution in [0.3, 0.4) is 0 Å². The van der Waals surface area contributed by atoms with Crippen LogP contribution in [0.15, 0.2) is 30.3 Å². The maximum atomic E-state index is 12.5. The fraction of sp³-hybridized carbons (Fsp3) is 0.556. The summed E-state index contributed by atoms with van der Waals surface area (Å²) < 4.78 is 5.34. The number of aliphatic hydroxyl groups is 1. The summed E-state index contributed by atoms with van der Waals surface area (Å²) in [6.45, 7) is 7.10. The molecule has 1 aromatic carbocycles. The summed E-state index contributed by atoms with van der Waals surface area (Å²) in [6.07, 6.45) is -1.76. The van der Waals surface area contributed by atoms with Crippen molar-refractivity contribution in [3.8, 4) is 0 Å². The number of benzene rings is 1. The minimum Gasteiger partial charge on any atom is -0.481 e. The molecule has 1 fully saturated rings. The largest absolute Gasteiger partial charge is 0.481 e. The van der Waals surface area contributed by atoms with Gasteiger partial charge in [0.1, 0.15) is 12.0 Å². The molecule has 2 unspecified atom stereocenters. The summed E-state index contributed by atoms with van der Waals surface area (Å²) in [7, 11) is 0. The van der Waals surface area contributed by atoms with Crippen LogP contribution in [0.2, 0.25) is 0 Å². The van der Waals surface area contributed by atoms with E-state index in [1.54, 1.807) is 0 Å². The maximum absolute atomic E-state index is 12.5. The van der Waals surface area contributed by atoms with Crippen molar-refractivity contribution >= 4 is 12.1 Å². The van der Waals surface area contributed by atoms with Crippen LogP contribution in [0.5, 0.6) is 0 Å². The lowest BCUT2D eigenvalue weighted by atomic mass is 9.69. The second kappa shape index (κ2) is 6.43. The van der Waals surface area contributed by atoms with Gasteiger partial charge in [-0.05, 0) is 17.9 Å². The molecule has 6 heteroatoms. The van der Waals surface area contributed by atoms with E-state index in [1.165, 1.54) is 11.8 Å². The molecule has 0 saturated carbocycles. The molecular weight excluding hydrogens is 310 g/mol. The van der Waals surface area contributed by atoms with E-state index >= 15 is 0 Å². The van der Waals surface area contributed by atoms with E-state index in [-0.39, 0.29) is 13.2 Å². The highest BCUT2D eigenvalue weighted by atomic mass is 16.6. The number of hydrogen-bond acceptors (Lipinski definition) is 4. The third kappa shape index (κ3) is 3.24. The molecule has 0 spiro atoms. The molecule has 0 aliphatic carbocycles. The van der Waals surface area contributed by atoms with Crippen LogP contribution in [-0.4, -0.2) is 45.9 Å². The minimum atomic E-state index is -1.44. The van der Waals surface area contributed by atoms with E-state index in [4.69, 9.17) is 4.74 Å². The molecule has 3 atom stereocenters. The molecule has 0 bridgehead atoms. The quantitative estimate of drug-likeness (QED) is 0.886. The zero-order chi connectivity index (χ0) is 18.1. The van der Waals surface area contributed by atoms with Gasteiger partial charge in [-0.15, -0.1) is 0 Å². The van der Waals surface area contributed by atoms with Gasteiger partial charge in [-0.3, -0.25) is 4.79 Å². The summed E-state index contributed by atoms with van der Waals surface area (Å²) in [5, 5.41) is 20.0.